The minimum atomic E-state index is -4.41. The monoisotopic (exact) mass is 387 g/mol. The van der Waals surface area contributed by atoms with Crippen LogP contribution in [0.3, 0.4) is 0 Å². The average Bonchev–Trinajstić information content (AvgIpc) is 2.66. The number of alkyl halides is 3. The molecule has 0 unspecified atom stereocenters. The predicted octanol–water partition coefficient (Wildman–Crippen LogP) is 5.05. The minimum Gasteiger partial charge on any atom is -0.339 e. The summed E-state index contributed by atoms with van der Waals surface area (Å²) in [5.41, 5.74) is 0.643. The summed E-state index contributed by atoms with van der Waals surface area (Å²) in [4.78, 5) is 6.41. The molecule has 1 N–H and O–H groups in total. The Labute approximate surface area is 161 Å². The van der Waals surface area contributed by atoms with Crippen LogP contribution in [0.4, 0.5) is 30.6 Å². The van der Waals surface area contributed by atoms with Crippen molar-refractivity contribution in [2.24, 2.45) is 0 Å². The molecule has 146 valence electrons. The van der Waals surface area contributed by atoms with Crippen molar-refractivity contribution < 1.29 is 13.2 Å². The maximum Gasteiger partial charge on any atom is 0.416 e. The van der Waals surface area contributed by atoms with Gasteiger partial charge in [-0.3, -0.25) is 0 Å². The molecule has 2 aromatic carbocycles. The SMILES string of the molecule is CC(C)N(Cc1ccccc1)c1nncc(Nc2cccc(C(F)(F)F)c2)n1. The van der Waals surface area contributed by atoms with E-state index in [2.05, 4.69) is 20.5 Å². The molecule has 0 radical (unpaired) electrons. The number of nitrogens with one attached hydrogen (secondary N) is 1. The summed E-state index contributed by atoms with van der Waals surface area (Å²) in [5, 5.41) is 10.9. The van der Waals surface area contributed by atoms with Crippen molar-refractivity contribution in [2.75, 3.05) is 10.2 Å². The zero-order chi connectivity index (χ0) is 20.1. The molecule has 1 heterocycles. The van der Waals surface area contributed by atoms with Crippen LogP contribution in [0.2, 0.25) is 0 Å². The zero-order valence-corrected chi connectivity index (χ0v) is 15.5. The average molecular weight is 387 g/mol. The number of rotatable bonds is 6. The third kappa shape index (κ3) is 4.97. The summed E-state index contributed by atoms with van der Waals surface area (Å²) in [5.74, 6) is 0.721. The predicted molar refractivity (Wildman–Crippen MR) is 102 cm³/mol. The minimum absolute atomic E-state index is 0.103. The number of hydrogen-bond acceptors (Lipinski definition) is 5. The third-order valence-electron chi connectivity index (χ3n) is 4.09. The Morgan fingerprint density at radius 3 is 2.46 bits per heavy atom. The highest BCUT2D eigenvalue weighted by Crippen LogP contribution is 2.31. The number of hydrogen-bond donors (Lipinski definition) is 1. The van der Waals surface area contributed by atoms with Gasteiger partial charge in [0.2, 0.25) is 5.95 Å². The van der Waals surface area contributed by atoms with Crippen LogP contribution in [0.25, 0.3) is 0 Å². The van der Waals surface area contributed by atoms with Crippen LogP contribution in [-0.2, 0) is 12.7 Å². The molecule has 3 rings (SSSR count). The molecule has 5 nitrogen and oxygen atoms in total. The number of benzene rings is 2. The molecule has 0 saturated carbocycles. The van der Waals surface area contributed by atoms with Crippen molar-refractivity contribution in [3.05, 3.63) is 71.9 Å². The van der Waals surface area contributed by atoms with Gasteiger partial charge in [0.25, 0.3) is 0 Å². The highest BCUT2D eigenvalue weighted by Gasteiger charge is 2.30. The van der Waals surface area contributed by atoms with Gasteiger partial charge in [0, 0.05) is 18.3 Å². The van der Waals surface area contributed by atoms with E-state index in [1.807, 2.05) is 49.1 Å². The zero-order valence-electron chi connectivity index (χ0n) is 15.5. The van der Waals surface area contributed by atoms with Crippen molar-refractivity contribution in [1.82, 2.24) is 15.2 Å². The van der Waals surface area contributed by atoms with Crippen molar-refractivity contribution >= 4 is 17.5 Å². The summed E-state index contributed by atoms with van der Waals surface area (Å²) in [7, 11) is 0. The summed E-state index contributed by atoms with van der Waals surface area (Å²) < 4.78 is 38.7. The van der Waals surface area contributed by atoms with E-state index < -0.39 is 11.7 Å². The fourth-order valence-corrected chi connectivity index (χ4v) is 2.66. The van der Waals surface area contributed by atoms with E-state index in [0.717, 1.165) is 17.7 Å². The van der Waals surface area contributed by atoms with Crippen molar-refractivity contribution in [3.8, 4) is 0 Å². The first-order valence-corrected chi connectivity index (χ1v) is 8.77. The number of aromatic nitrogens is 3. The van der Waals surface area contributed by atoms with Crippen LogP contribution in [-0.4, -0.2) is 21.2 Å². The number of halogens is 3. The first kappa shape index (κ1) is 19.6. The second kappa shape index (κ2) is 8.24. The van der Waals surface area contributed by atoms with E-state index in [-0.39, 0.29) is 11.7 Å². The van der Waals surface area contributed by atoms with E-state index in [1.165, 1.54) is 12.3 Å². The Bertz CT molecular complexity index is 913. The number of nitrogens with zero attached hydrogens (tertiary/aromatic N) is 4. The Hall–Kier alpha value is -3.16. The molecular formula is C20H20F3N5. The molecule has 0 fully saturated rings. The molecular weight excluding hydrogens is 367 g/mol. The Morgan fingerprint density at radius 2 is 1.79 bits per heavy atom. The Balaban J connectivity index is 1.83. The van der Waals surface area contributed by atoms with Gasteiger partial charge in [-0.05, 0) is 37.6 Å². The molecule has 0 amide bonds. The molecule has 0 spiro atoms. The van der Waals surface area contributed by atoms with Gasteiger partial charge in [0.05, 0.1) is 11.8 Å². The molecule has 8 heteroatoms. The summed E-state index contributed by atoms with van der Waals surface area (Å²) in [6.07, 6.45) is -3.03. The molecule has 1 aromatic heterocycles. The van der Waals surface area contributed by atoms with Crippen molar-refractivity contribution in [1.29, 1.82) is 0 Å². The Morgan fingerprint density at radius 1 is 1.04 bits per heavy atom. The lowest BCUT2D eigenvalue weighted by atomic mass is 10.2. The lowest BCUT2D eigenvalue weighted by molar-refractivity contribution is -0.137. The van der Waals surface area contributed by atoms with Crippen LogP contribution >= 0.6 is 0 Å². The van der Waals surface area contributed by atoms with Gasteiger partial charge in [-0.1, -0.05) is 36.4 Å². The van der Waals surface area contributed by atoms with E-state index >= 15 is 0 Å². The fraction of sp³-hybridized carbons (Fsp3) is 0.250. The lowest BCUT2D eigenvalue weighted by Crippen LogP contribution is -2.32. The van der Waals surface area contributed by atoms with Crippen LogP contribution in [0.1, 0.15) is 25.0 Å². The van der Waals surface area contributed by atoms with Crippen molar-refractivity contribution in [2.45, 2.75) is 32.6 Å². The summed E-state index contributed by atoms with van der Waals surface area (Å²) in [6.45, 7) is 4.62. The highest BCUT2D eigenvalue weighted by atomic mass is 19.4. The van der Waals surface area contributed by atoms with Gasteiger partial charge in [0.1, 0.15) is 0 Å². The van der Waals surface area contributed by atoms with Gasteiger partial charge in [-0.2, -0.15) is 23.3 Å². The molecule has 0 bridgehead atoms. The van der Waals surface area contributed by atoms with E-state index in [4.69, 9.17) is 0 Å². The largest absolute Gasteiger partial charge is 0.416 e. The molecule has 0 atom stereocenters. The summed E-state index contributed by atoms with van der Waals surface area (Å²) >= 11 is 0. The standard InChI is InChI=1S/C20H20F3N5/c1-14(2)28(13-15-7-4-3-5-8-15)19-26-18(12-24-27-19)25-17-10-6-9-16(11-17)20(21,22)23/h3-12,14H,13H2,1-2H3,(H,25,26,27). The third-order valence-corrected chi connectivity index (χ3v) is 4.09. The van der Waals surface area contributed by atoms with Gasteiger partial charge in [-0.25, -0.2) is 0 Å². The van der Waals surface area contributed by atoms with Gasteiger partial charge in [-0.15, -0.1) is 5.10 Å². The van der Waals surface area contributed by atoms with E-state index in [1.54, 1.807) is 6.07 Å². The van der Waals surface area contributed by atoms with Crippen molar-refractivity contribution in [3.63, 3.8) is 0 Å². The second-order valence-electron chi connectivity index (χ2n) is 6.55. The molecule has 0 aliphatic carbocycles. The molecule has 3 aromatic rings. The van der Waals surface area contributed by atoms with E-state index in [0.29, 0.717) is 18.3 Å². The van der Waals surface area contributed by atoms with Gasteiger partial charge in [0.15, 0.2) is 5.82 Å². The Kier molecular flexibility index (Phi) is 5.77. The van der Waals surface area contributed by atoms with Crippen LogP contribution in [0, 0.1) is 0 Å². The normalized spacial score (nSPS) is 11.5. The molecule has 28 heavy (non-hydrogen) atoms. The smallest absolute Gasteiger partial charge is 0.339 e. The highest BCUT2D eigenvalue weighted by molar-refractivity contribution is 5.57. The second-order valence-corrected chi connectivity index (χ2v) is 6.55. The topological polar surface area (TPSA) is 53.9 Å². The maximum absolute atomic E-state index is 12.9. The first-order valence-electron chi connectivity index (χ1n) is 8.77. The van der Waals surface area contributed by atoms with Gasteiger partial charge < -0.3 is 10.2 Å². The molecule has 0 aliphatic heterocycles. The van der Waals surface area contributed by atoms with Crippen LogP contribution in [0.5, 0.6) is 0 Å². The van der Waals surface area contributed by atoms with E-state index in [9.17, 15) is 13.2 Å². The van der Waals surface area contributed by atoms with Crippen LogP contribution in [0.15, 0.2) is 60.8 Å². The number of anilines is 3. The maximum atomic E-state index is 12.9. The quantitative estimate of drug-likeness (QED) is 0.642. The fourth-order valence-electron chi connectivity index (χ4n) is 2.66. The van der Waals surface area contributed by atoms with Gasteiger partial charge >= 0.3 is 6.18 Å². The molecule has 0 saturated heterocycles. The molecule has 0 aliphatic rings. The lowest BCUT2D eigenvalue weighted by Gasteiger charge is -2.26. The first-order chi connectivity index (χ1) is 13.3. The summed E-state index contributed by atoms with van der Waals surface area (Å²) in [6, 6.07) is 14.9. The van der Waals surface area contributed by atoms with Crippen LogP contribution < -0.4 is 10.2 Å².